The van der Waals surface area contributed by atoms with Crippen LogP contribution >= 0.6 is 0 Å². The number of aliphatic hydroxyl groups excluding tert-OH is 1. The molecule has 0 aromatic rings. The van der Waals surface area contributed by atoms with Crippen molar-refractivity contribution in [2.45, 2.75) is 187 Å². The number of carbonyl (C=O) groups excluding carboxylic acids is 1. The fourth-order valence-electron chi connectivity index (χ4n) is 5.33. The van der Waals surface area contributed by atoms with Gasteiger partial charge < -0.3 is 15.1 Å². The van der Waals surface area contributed by atoms with Crippen LogP contribution in [-0.2, 0) is 9.59 Å². The molecule has 2 N–H and O–H groups in total. The Bertz CT molecular complexity index is 525. The standard InChI is InChI=1S/C33H65NO4/c1-3-5-7-9-11-13-15-17-18-20-22-24-26-28-32(36)34(31(30-35)33(37)38)29-27-25-23-21-19-16-14-12-10-8-6-4-2/h31,35H,3-30H2,1-2H3,(H,37,38). The molecule has 0 saturated carbocycles. The van der Waals surface area contributed by atoms with Gasteiger partial charge in [-0.2, -0.15) is 0 Å². The van der Waals surface area contributed by atoms with Crippen molar-refractivity contribution < 1.29 is 19.8 Å². The Labute approximate surface area is 236 Å². The summed E-state index contributed by atoms with van der Waals surface area (Å²) in [7, 11) is 0. The van der Waals surface area contributed by atoms with Crippen LogP contribution in [0.5, 0.6) is 0 Å². The molecule has 0 fully saturated rings. The van der Waals surface area contributed by atoms with Crippen molar-refractivity contribution in [3.63, 3.8) is 0 Å². The van der Waals surface area contributed by atoms with Crippen molar-refractivity contribution >= 4 is 11.9 Å². The van der Waals surface area contributed by atoms with Crippen LogP contribution in [-0.4, -0.2) is 46.2 Å². The molecule has 1 unspecified atom stereocenters. The molecule has 0 rings (SSSR count). The Kier molecular flexibility index (Phi) is 28.1. The van der Waals surface area contributed by atoms with Crippen molar-refractivity contribution in [2.24, 2.45) is 0 Å². The second-order valence-electron chi connectivity index (χ2n) is 11.5. The van der Waals surface area contributed by atoms with Gasteiger partial charge in [0.15, 0.2) is 6.04 Å². The van der Waals surface area contributed by atoms with Gasteiger partial charge in [0, 0.05) is 13.0 Å². The average molecular weight is 540 g/mol. The van der Waals surface area contributed by atoms with Crippen molar-refractivity contribution in [1.29, 1.82) is 0 Å². The highest BCUT2D eigenvalue weighted by atomic mass is 16.4. The third kappa shape index (κ3) is 22.8. The minimum atomic E-state index is -1.11. The van der Waals surface area contributed by atoms with Crippen LogP contribution in [0.1, 0.15) is 181 Å². The Morgan fingerprint density at radius 3 is 1.16 bits per heavy atom. The van der Waals surface area contributed by atoms with Gasteiger partial charge in [0.05, 0.1) is 6.61 Å². The summed E-state index contributed by atoms with van der Waals surface area (Å²) in [4.78, 5) is 25.9. The highest BCUT2D eigenvalue weighted by Gasteiger charge is 2.28. The lowest BCUT2D eigenvalue weighted by Gasteiger charge is -2.28. The molecule has 0 radical (unpaired) electrons. The molecule has 38 heavy (non-hydrogen) atoms. The maximum atomic E-state index is 12.8. The van der Waals surface area contributed by atoms with E-state index in [9.17, 15) is 19.8 Å². The van der Waals surface area contributed by atoms with E-state index in [1.54, 1.807) is 0 Å². The molecule has 0 aromatic carbocycles. The summed E-state index contributed by atoms with van der Waals surface area (Å²) in [6.45, 7) is 4.43. The molecule has 0 aliphatic carbocycles. The molecule has 226 valence electrons. The topological polar surface area (TPSA) is 77.8 Å². The summed E-state index contributed by atoms with van der Waals surface area (Å²) in [5.74, 6) is -1.22. The Balaban J connectivity index is 3.95. The second kappa shape index (κ2) is 28.9. The Morgan fingerprint density at radius 2 is 0.842 bits per heavy atom. The minimum absolute atomic E-state index is 0.113. The average Bonchev–Trinajstić information content (AvgIpc) is 2.91. The molecule has 0 heterocycles. The first-order valence-corrected chi connectivity index (χ1v) is 16.7. The highest BCUT2D eigenvalue weighted by molar-refractivity contribution is 5.83. The molecule has 0 aliphatic heterocycles. The fraction of sp³-hybridized carbons (Fsp3) is 0.939. The Morgan fingerprint density at radius 1 is 0.526 bits per heavy atom. The van der Waals surface area contributed by atoms with Gasteiger partial charge in [0.2, 0.25) is 5.91 Å². The molecule has 0 spiro atoms. The number of hydrogen-bond acceptors (Lipinski definition) is 3. The second-order valence-corrected chi connectivity index (χ2v) is 11.5. The highest BCUT2D eigenvalue weighted by Crippen LogP contribution is 2.16. The molecule has 1 atom stereocenters. The van der Waals surface area contributed by atoms with Crippen molar-refractivity contribution in [1.82, 2.24) is 4.90 Å². The van der Waals surface area contributed by atoms with Gasteiger partial charge in [0.1, 0.15) is 0 Å². The van der Waals surface area contributed by atoms with E-state index in [1.165, 1.54) is 127 Å². The molecule has 0 bridgehead atoms. The fourth-order valence-corrected chi connectivity index (χ4v) is 5.33. The van der Waals surface area contributed by atoms with Crippen molar-refractivity contribution in [3.05, 3.63) is 0 Å². The first-order chi connectivity index (χ1) is 18.6. The predicted molar refractivity (Wildman–Crippen MR) is 162 cm³/mol. The Hall–Kier alpha value is -1.10. The van der Waals surface area contributed by atoms with Crippen LogP contribution in [0.2, 0.25) is 0 Å². The zero-order valence-electron chi connectivity index (χ0n) is 25.5. The van der Waals surface area contributed by atoms with Gasteiger partial charge in [-0.25, -0.2) is 4.79 Å². The largest absolute Gasteiger partial charge is 0.480 e. The minimum Gasteiger partial charge on any atom is -0.480 e. The zero-order valence-corrected chi connectivity index (χ0v) is 25.5. The van der Waals surface area contributed by atoms with Crippen molar-refractivity contribution in [3.8, 4) is 0 Å². The lowest BCUT2D eigenvalue weighted by molar-refractivity contribution is -0.152. The lowest BCUT2D eigenvalue weighted by Crippen LogP contribution is -2.47. The summed E-state index contributed by atoms with van der Waals surface area (Å²) in [5.41, 5.74) is 0. The van der Waals surface area contributed by atoms with Crippen LogP contribution < -0.4 is 0 Å². The van der Waals surface area contributed by atoms with Gasteiger partial charge in [-0.3, -0.25) is 4.79 Å². The molecule has 1 amide bonds. The van der Waals surface area contributed by atoms with E-state index in [1.807, 2.05) is 0 Å². The number of amides is 1. The number of hydrogen-bond donors (Lipinski definition) is 2. The molecular formula is C33H65NO4. The number of nitrogens with zero attached hydrogens (tertiary/aromatic N) is 1. The number of rotatable bonds is 30. The van der Waals surface area contributed by atoms with Gasteiger partial charge in [-0.15, -0.1) is 0 Å². The molecule has 0 saturated heterocycles. The molecule has 5 heteroatoms. The van der Waals surface area contributed by atoms with Crippen LogP contribution in [0, 0.1) is 0 Å². The predicted octanol–water partition coefficient (Wildman–Crippen LogP) is 9.44. The SMILES string of the molecule is CCCCCCCCCCCCCCCC(=O)N(CCCCCCCCCCCCCC)C(CO)C(=O)O. The van der Waals surface area contributed by atoms with Crippen molar-refractivity contribution in [2.75, 3.05) is 13.2 Å². The number of carbonyl (C=O) groups is 2. The third-order valence-electron chi connectivity index (χ3n) is 7.90. The van der Waals surface area contributed by atoms with E-state index in [2.05, 4.69) is 13.8 Å². The normalized spacial score (nSPS) is 12.1. The van der Waals surface area contributed by atoms with Gasteiger partial charge in [-0.05, 0) is 12.8 Å². The van der Waals surface area contributed by atoms with Crippen LogP contribution in [0.4, 0.5) is 0 Å². The quantitative estimate of drug-likeness (QED) is 0.0891. The third-order valence-corrected chi connectivity index (χ3v) is 7.90. The number of aliphatic carboxylic acids is 1. The maximum Gasteiger partial charge on any atom is 0.328 e. The summed E-state index contributed by atoms with van der Waals surface area (Å²) in [6.07, 6.45) is 31.5. The number of carboxylic acids is 1. The number of carboxylic acid groups (broad SMARTS) is 1. The molecule has 5 nitrogen and oxygen atoms in total. The van der Waals surface area contributed by atoms with Gasteiger partial charge in [-0.1, -0.05) is 162 Å². The van der Waals surface area contributed by atoms with Crippen LogP contribution in [0.15, 0.2) is 0 Å². The van der Waals surface area contributed by atoms with E-state index in [0.717, 1.165) is 38.5 Å². The summed E-state index contributed by atoms with van der Waals surface area (Å²) in [5, 5.41) is 19.1. The zero-order chi connectivity index (χ0) is 28.1. The van der Waals surface area contributed by atoms with Crippen LogP contribution in [0.25, 0.3) is 0 Å². The lowest BCUT2D eigenvalue weighted by atomic mass is 10.0. The van der Waals surface area contributed by atoms with E-state index in [0.29, 0.717) is 13.0 Å². The smallest absolute Gasteiger partial charge is 0.328 e. The summed E-state index contributed by atoms with van der Waals surface area (Å²) >= 11 is 0. The first kappa shape index (κ1) is 36.9. The van der Waals surface area contributed by atoms with Gasteiger partial charge >= 0.3 is 5.97 Å². The van der Waals surface area contributed by atoms with E-state index >= 15 is 0 Å². The van der Waals surface area contributed by atoms with Gasteiger partial charge in [0.25, 0.3) is 0 Å². The van der Waals surface area contributed by atoms with E-state index in [4.69, 9.17) is 0 Å². The van der Waals surface area contributed by atoms with E-state index in [-0.39, 0.29) is 5.91 Å². The molecule has 0 aromatic heterocycles. The first-order valence-electron chi connectivity index (χ1n) is 16.7. The summed E-state index contributed by atoms with van der Waals surface area (Å²) < 4.78 is 0. The number of unbranched alkanes of at least 4 members (excludes halogenated alkanes) is 23. The molecule has 0 aliphatic rings. The maximum absolute atomic E-state index is 12.8. The molecular weight excluding hydrogens is 474 g/mol. The van der Waals surface area contributed by atoms with E-state index < -0.39 is 18.6 Å². The summed E-state index contributed by atoms with van der Waals surface area (Å²) in [6, 6.07) is -1.11. The van der Waals surface area contributed by atoms with Crippen LogP contribution in [0.3, 0.4) is 0 Å². The monoisotopic (exact) mass is 539 g/mol. The number of aliphatic hydroxyl groups is 1.